The zero-order chi connectivity index (χ0) is 14.4. The molecule has 0 unspecified atom stereocenters. The summed E-state index contributed by atoms with van der Waals surface area (Å²) in [5.74, 6) is -1.34. The lowest BCUT2D eigenvalue weighted by Crippen LogP contribution is -2.34. The van der Waals surface area contributed by atoms with Gasteiger partial charge >= 0.3 is 11.8 Å². The molecule has 1 aromatic heterocycles. The van der Waals surface area contributed by atoms with Crippen molar-refractivity contribution >= 4 is 17.5 Å². The lowest BCUT2D eigenvalue weighted by atomic mass is 10.2. The number of nitrogens with zero attached hydrogens (tertiary/aromatic N) is 1. The molecule has 2 N–H and O–H groups in total. The molecule has 0 atom stereocenters. The topological polar surface area (TPSA) is 71.1 Å². The lowest BCUT2D eigenvalue weighted by Gasteiger charge is -2.07. The highest BCUT2D eigenvalue weighted by molar-refractivity contribution is 6.39. The van der Waals surface area contributed by atoms with Gasteiger partial charge in [-0.3, -0.25) is 14.6 Å². The SMILES string of the molecule is Cc1cccc(NC(=O)C(=O)NCc2ccncc2)c1. The van der Waals surface area contributed by atoms with Crippen molar-refractivity contribution in [2.24, 2.45) is 0 Å². The van der Waals surface area contributed by atoms with Crippen LogP contribution in [0.25, 0.3) is 0 Å². The van der Waals surface area contributed by atoms with E-state index < -0.39 is 11.8 Å². The zero-order valence-corrected chi connectivity index (χ0v) is 11.1. The molecule has 1 aromatic carbocycles. The molecular weight excluding hydrogens is 254 g/mol. The molecule has 20 heavy (non-hydrogen) atoms. The first-order chi connectivity index (χ1) is 9.65. The van der Waals surface area contributed by atoms with Crippen LogP contribution in [0, 0.1) is 6.92 Å². The molecule has 5 heteroatoms. The summed E-state index contributed by atoms with van der Waals surface area (Å²) in [7, 11) is 0. The Hall–Kier alpha value is -2.69. The first-order valence-corrected chi connectivity index (χ1v) is 6.20. The smallest absolute Gasteiger partial charge is 0.313 e. The third kappa shape index (κ3) is 3.91. The van der Waals surface area contributed by atoms with Gasteiger partial charge in [-0.05, 0) is 42.3 Å². The molecule has 0 aliphatic rings. The quantitative estimate of drug-likeness (QED) is 0.832. The minimum atomic E-state index is -0.676. The van der Waals surface area contributed by atoms with E-state index in [1.54, 1.807) is 36.7 Å². The second-order valence-electron chi connectivity index (χ2n) is 4.36. The molecule has 0 bridgehead atoms. The molecule has 0 aliphatic carbocycles. The van der Waals surface area contributed by atoms with Crippen LogP contribution in [-0.2, 0) is 16.1 Å². The van der Waals surface area contributed by atoms with E-state index in [0.29, 0.717) is 12.2 Å². The Bertz CT molecular complexity index is 612. The summed E-state index contributed by atoms with van der Waals surface area (Å²) in [4.78, 5) is 27.3. The average Bonchev–Trinajstić information content (AvgIpc) is 2.46. The van der Waals surface area contributed by atoms with Crippen molar-refractivity contribution in [3.8, 4) is 0 Å². The first-order valence-electron chi connectivity index (χ1n) is 6.20. The fourth-order valence-corrected chi connectivity index (χ4v) is 1.67. The summed E-state index contributed by atoms with van der Waals surface area (Å²) in [6.07, 6.45) is 3.27. The molecule has 1 heterocycles. The molecule has 0 radical (unpaired) electrons. The number of aryl methyl sites for hydroxylation is 1. The molecule has 102 valence electrons. The van der Waals surface area contributed by atoms with Crippen molar-refractivity contribution in [3.63, 3.8) is 0 Å². The van der Waals surface area contributed by atoms with E-state index in [1.165, 1.54) is 0 Å². The minimum absolute atomic E-state index is 0.294. The van der Waals surface area contributed by atoms with Crippen LogP contribution in [0.3, 0.4) is 0 Å². The number of benzene rings is 1. The van der Waals surface area contributed by atoms with Gasteiger partial charge < -0.3 is 10.6 Å². The maximum Gasteiger partial charge on any atom is 0.313 e. The van der Waals surface area contributed by atoms with E-state index in [0.717, 1.165) is 11.1 Å². The van der Waals surface area contributed by atoms with Gasteiger partial charge in [0, 0.05) is 24.6 Å². The second kappa shape index (κ2) is 6.47. The van der Waals surface area contributed by atoms with Gasteiger partial charge in [0.1, 0.15) is 0 Å². The highest BCUT2D eigenvalue weighted by atomic mass is 16.2. The number of rotatable bonds is 3. The highest BCUT2D eigenvalue weighted by Gasteiger charge is 2.13. The molecule has 2 amide bonds. The summed E-state index contributed by atoms with van der Waals surface area (Å²) in [5.41, 5.74) is 2.51. The van der Waals surface area contributed by atoms with Crippen LogP contribution >= 0.6 is 0 Å². The van der Waals surface area contributed by atoms with Gasteiger partial charge in [0.05, 0.1) is 0 Å². The molecule has 2 aromatic rings. The Balaban J connectivity index is 1.88. The lowest BCUT2D eigenvalue weighted by molar-refractivity contribution is -0.136. The fourth-order valence-electron chi connectivity index (χ4n) is 1.67. The second-order valence-corrected chi connectivity index (χ2v) is 4.36. The predicted molar refractivity (Wildman–Crippen MR) is 75.9 cm³/mol. The Labute approximate surface area is 117 Å². The van der Waals surface area contributed by atoms with E-state index in [1.807, 2.05) is 19.1 Å². The predicted octanol–water partition coefficient (Wildman–Crippen LogP) is 1.64. The normalized spacial score (nSPS) is 9.85. The monoisotopic (exact) mass is 269 g/mol. The van der Waals surface area contributed by atoms with Gasteiger partial charge in [-0.2, -0.15) is 0 Å². The number of nitrogens with one attached hydrogen (secondary N) is 2. The third-order valence-electron chi connectivity index (χ3n) is 2.68. The summed E-state index contributed by atoms with van der Waals surface area (Å²) in [5, 5.41) is 5.11. The molecule has 0 aliphatic heterocycles. The van der Waals surface area contributed by atoms with Gasteiger partial charge in [0.15, 0.2) is 0 Å². The summed E-state index contributed by atoms with van der Waals surface area (Å²) >= 11 is 0. The molecule has 0 spiro atoms. The highest BCUT2D eigenvalue weighted by Crippen LogP contribution is 2.09. The zero-order valence-electron chi connectivity index (χ0n) is 11.1. The van der Waals surface area contributed by atoms with Crippen LogP contribution in [0.5, 0.6) is 0 Å². The Kier molecular flexibility index (Phi) is 4.44. The number of carbonyl (C=O) groups excluding carboxylic acids is 2. The van der Waals surface area contributed by atoms with Crippen molar-refractivity contribution < 1.29 is 9.59 Å². The Morgan fingerprint density at radius 3 is 2.55 bits per heavy atom. The van der Waals surface area contributed by atoms with Crippen LogP contribution in [0.2, 0.25) is 0 Å². The first kappa shape index (κ1) is 13.7. The fraction of sp³-hybridized carbons (Fsp3) is 0.133. The van der Waals surface area contributed by atoms with Crippen molar-refractivity contribution in [1.82, 2.24) is 10.3 Å². The maximum atomic E-state index is 11.7. The van der Waals surface area contributed by atoms with E-state index in [-0.39, 0.29) is 0 Å². The van der Waals surface area contributed by atoms with Crippen LogP contribution < -0.4 is 10.6 Å². The Morgan fingerprint density at radius 1 is 1.10 bits per heavy atom. The summed E-state index contributed by atoms with van der Waals surface area (Å²) < 4.78 is 0. The van der Waals surface area contributed by atoms with Crippen LogP contribution in [0.1, 0.15) is 11.1 Å². The van der Waals surface area contributed by atoms with E-state index in [9.17, 15) is 9.59 Å². The number of aromatic nitrogens is 1. The van der Waals surface area contributed by atoms with Crippen molar-refractivity contribution in [2.45, 2.75) is 13.5 Å². The van der Waals surface area contributed by atoms with Crippen LogP contribution in [0.15, 0.2) is 48.8 Å². The van der Waals surface area contributed by atoms with Crippen molar-refractivity contribution in [2.75, 3.05) is 5.32 Å². The third-order valence-corrected chi connectivity index (χ3v) is 2.68. The molecule has 0 fully saturated rings. The van der Waals surface area contributed by atoms with E-state index in [4.69, 9.17) is 0 Å². The summed E-state index contributed by atoms with van der Waals surface area (Å²) in [6.45, 7) is 2.21. The molecular formula is C15H15N3O2. The van der Waals surface area contributed by atoms with E-state index in [2.05, 4.69) is 15.6 Å². The molecule has 0 saturated carbocycles. The van der Waals surface area contributed by atoms with Gasteiger partial charge in [-0.15, -0.1) is 0 Å². The van der Waals surface area contributed by atoms with Gasteiger partial charge in [-0.1, -0.05) is 12.1 Å². The van der Waals surface area contributed by atoms with E-state index >= 15 is 0 Å². The van der Waals surface area contributed by atoms with Crippen molar-refractivity contribution in [3.05, 3.63) is 59.9 Å². The number of pyridine rings is 1. The minimum Gasteiger partial charge on any atom is -0.344 e. The number of anilines is 1. The van der Waals surface area contributed by atoms with Gasteiger partial charge in [0.25, 0.3) is 0 Å². The molecule has 0 saturated heterocycles. The van der Waals surface area contributed by atoms with Crippen LogP contribution in [0.4, 0.5) is 5.69 Å². The number of hydrogen-bond donors (Lipinski definition) is 2. The number of carbonyl (C=O) groups is 2. The maximum absolute atomic E-state index is 11.7. The van der Waals surface area contributed by atoms with Gasteiger partial charge in [-0.25, -0.2) is 0 Å². The number of hydrogen-bond acceptors (Lipinski definition) is 3. The molecule has 2 rings (SSSR count). The van der Waals surface area contributed by atoms with Crippen LogP contribution in [-0.4, -0.2) is 16.8 Å². The summed E-state index contributed by atoms with van der Waals surface area (Å²) in [6, 6.07) is 10.8. The Morgan fingerprint density at radius 2 is 1.85 bits per heavy atom. The molecule has 5 nitrogen and oxygen atoms in total. The van der Waals surface area contributed by atoms with Crippen molar-refractivity contribution in [1.29, 1.82) is 0 Å². The average molecular weight is 269 g/mol. The van der Waals surface area contributed by atoms with Gasteiger partial charge in [0.2, 0.25) is 0 Å². The number of amides is 2. The largest absolute Gasteiger partial charge is 0.344 e. The standard InChI is InChI=1S/C15H15N3O2/c1-11-3-2-4-13(9-11)18-15(20)14(19)17-10-12-5-7-16-8-6-12/h2-9H,10H2,1H3,(H,17,19)(H,18,20).